The van der Waals surface area contributed by atoms with Gasteiger partial charge in [0.2, 0.25) is 0 Å². The Labute approximate surface area is 157 Å². The highest BCUT2D eigenvalue weighted by molar-refractivity contribution is 9.10. The number of carbonyl (C=O) groups is 1. The van der Waals surface area contributed by atoms with E-state index in [1.165, 1.54) is 17.0 Å². The van der Waals surface area contributed by atoms with Gasteiger partial charge in [-0.15, -0.1) is 0 Å². The first-order chi connectivity index (χ1) is 11.5. The normalized spacial score (nSPS) is 16.0. The summed E-state index contributed by atoms with van der Waals surface area (Å²) in [7, 11) is 0. The maximum atomic E-state index is 13.9. The van der Waals surface area contributed by atoms with E-state index < -0.39 is 5.82 Å². The van der Waals surface area contributed by atoms with Crippen LogP contribution in [0.1, 0.15) is 11.1 Å². The molecule has 24 heavy (non-hydrogen) atoms. The molecule has 3 nitrogen and oxygen atoms in total. The second kappa shape index (κ2) is 7.01. The number of carbonyl (C=O) groups excluding carboxylic acids is 1. The summed E-state index contributed by atoms with van der Waals surface area (Å²) in [6.07, 6.45) is 1.45. The zero-order valence-corrected chi connectivity index (χ0v) is 15.4. The van der Waals surface area contributed by atoms with Gasteiger partial charge in [0.25, 0.3) is 5.91 Å². The zero-order chi connectivity index (χ0) is 17.3. The highest BCUT2D eigenvalue weighted by Crippen LogP contribution is 2.23. The molecule has 2 aromatic carbocycles. The van der Waals surface area contributed by atoms with Gasteiger partial charge in [0.15, 0.2) is 5.11 Å². The van der Waals surface area contributed by atoms with Gasteiger partial charge < -0.3 is 5.32 Å². The first kappa shape index (κ1) is 17.1. The van der Waals surface area contributed by atoms with Crippen LogP contribution in [0.5, 0.6) is 0 Å². The number of nitrogens with one attached hydrogen (secondary N) is 1. The maximum absolute atomic E-state index is 13.9. The molecule has 2 aromatic rings. The molecule has 0 spiro atoms. The largest absolute Gasteiger partial charge is 0.328 e. The molecule has 1 heterocycles. The third kappa shape index (κ3) is 3.50. The van der Waals surface area contributed by atoms with E-state index in [1.807, 2.05) is 18.2 Å². The monoisotopic (exact) mass is 424 g/mol. The lowest BCUT2D eigenvalue weighted by atomic mass is 10.1. The first-order valence-corrected chi connectivity index (χ1v) is 8.56. The van der Waals surface area contributed by atoms with Crippen LogP contribution in [0.15, 0.2) is 52.6 Å². The Morgan fingerprint density at radius 3 is 2.79 bits per heavy atom. The number of benzene rings is 2. The van der Waals surface area contributed by atoms with E-state index in [4.69, 9.17) is 23.8 Å². The van der Waals surface area contributed by atoms with Crippen molar-refractivity contribution >= 4 is 56.8 Å². The molecule has 1 aliphatic heterocycles. The molecule has 3 rings (SSSR count). The third-order valence-corrected chi connectivity index (χ3v) is 4.69. The molecule has 1 fully saturated rings. The molecular formula is C17H11BrClFN2OS. The van der Waals surface area contributed by atoms with E-state index in [2.05, 4.69) is 21.2 Å². The SMILES string of the molecule is O=C1/C(=C/c2cc(Br)ccc2F)NC(=S)N1Cc1ccccc1Cl. The Hall–Kier alpha value is -1.76. The number of halogens is 3. The van der Waals surface area contributed by atoms with Gasteiger partial charge in [0.1, 0.15) is 11.5 Å². The van der Waals surface area contributed by atoms with Gasteiger partial charge in [0.05, 0.1) is 6.54 Å². The van der Waals surface area contributed by atoms with Crippen molar-refractivity contribution in [2.45, 2.75) is 6.54 Å². The van der Waals surface area contributed by atoms with Gasteiger partial charge in [-0.2, -0.15) is 0 Å². The quantitative estimate of drug-likeness (QED) is 0.580. The Bertz CT molecular complexity index is 871. The molecule has 0 bridgehead atoms. The Morgan fingerprint density at radius 1 is 1.29 bits per heavy atom. The number of amides is 1. The van der Waals surface area contributed by atoms with Crippen LogP contribution in [0.3, 0.4) is 0 Å². The maximum Gasteiger partial charge on any atom is 0.276 e. The lowest BCUT2D eigenvalue weighted by Gasteiger charge is -2.14. The van der Waals surface area contributed by atoms with Gasteiger partial charge in [-0.25, -0.2) is 4.39 Å². The zero-order valence-electron chi connectivity index (χ0n) is 12.2. The molecular weight excluding hydrogens is 415 g/mol. The van der Waals surface area contributed by atoms with Crippen molar-refractivity contribution in [3.05, 3.63) is 74.6 Å². The summed E-state index contributed by atoms with van der Waals surface area (Å²) in [4.78, 5) is 14.0. The molecule has 7 heteroatoms. The number of rotatable bonds is 3. The van der Waals surface area contributed by atoms with Crippen molar-refractivity contribution in [1.82, 2.24) is 10.2 Å². The van der Waals surface area contributed by atoms with E-state index in [9.17, 15) is 9.18 Å². The van der Waals surface area contributed by atoms with Gasteiger partial charge in [-0.05, 0) is 48.1 Å². The van der Waals surface area contributed by atoms with E-state index in [1.54, 1.807) is 18.2 Å². The van der Waals surface area contributed by atoms with Gasteiger partial charge in [-0.1, -0.05) is 45.7 Å². The van der Waals surface area contributed by atoms with Crippen molar-refractivity contribution in [2.24, 2.45) is 0 Å². The molecule has 0 unspecified atom stereocenters. The minimum atomic E-state index is -0.421. The molecule has 0 radical (unpaired) electrons. The minimum Gasteiger partial charge on any atom is -0.328 e. The van der Waals surface area contributed by atoms with Crippen LogP contribution in [0.25, 0.3) is 6.08 Å². The lowest BCUT2D eigenvalue weighted by Crippen LogP contribution is -2.30. The Balaban J connectivity index is 1.88. The molecule has 1 saturated heterocycles. The van der Waals surface area contributed by atoms with Crippen LogP contribution in [-0.2, 0) is 11.3 Å². The van der Waals surface area contributed by atoms with Crippen LogP contribution in [0, 0.1) is 5.82 Å². The highest BCUT2D eigenvalue weighted by Gasteiger charge is 2.31. The van der Waals surface area contributed by atoms with E-state index in [-0.39, 0.29) is 23.3 Å². The molecule has 0 aromatic heterocycles. The second-order valence-corrected chi connectivity index (χ2v) is 6.85. The minimum absolute atomic E-state index is 0.226. The van der Waals surface area contributed by atoms with E-state index >= 15 is 0 Å². The highest BCUT2D eigenvalue weighted by atomic mass is 79.9. The van der Waals surface area contributed by atoms with Crippen LogP contribution >= 0.6 is 39.7 Å². The third-order valence-electron chi connectivity index (χ3n) is 3.51. The summed E-state index contributed by atoms with van der Waals surface area (Å²) in [5.74, 6) is -0.741. The average Bonchev–Trinajstić information content (AvgIpc) is 2.80. The fraction of sp³-hybridized carbons (Fsp3) is 0.0588. The summed E-state index contributed by atoms with van der Waals surface area (Å²) in [6, 6.07) is 11.7. The van der Waals surface area contributed by atoms with E-state index in [0.717, 1.165) is 10.0 Å². The number of hydrogen-bond donors (Lipinski definition) is 1. The fourth-order valence-electron chi connectivity index (χ4n) is 2.29. The number of hydrogen-bond acceptors (Lipinski definition) is 2. The first-order valence-electron chi connectivity index (χ1n) is 6.98. The molecule has 122 valence electrons. The molecule has 0 aliphatic carbocycles. The van der Waals surface area contributed by atoms with Gasteiger partial charge in [-0.3, -0.25) is 9.69 Å². The predicted molar refractivity (Wildman–Crippen MR) is 99.8 cm³/mol. The topological polar surface area (TPSA) is 32.3 Å². The molecule has 0 atom stereocenters. The molecule has 1 amide bonds. The molecule has 1 aliphatic rings. The van der Waals surface area contributed by atoms with Crippen LogP contribution in [-0.4, -0.2) is 15.9 Å². The summed E-state index contributed by atoms with van der Waals surface area (Å²) in [5.41, 5.74) is 1.30. The lowest BCUT2D eigenvalue weighted by molar-refractivity contribution is -0.122. The summed E-state index contributed by atoms with van der Waals surface area (Å²) in [5, 5.41) is 3.66. The Kier molecular flexibility index (Phi) is 4.99. The molecule has 0 saturated carbocycles. The smallest absolute Gasteiger partial charge is 0.276 e. The van der Waals surface area contributed by atoms with Crippen molar-refractivity contribution < 1.29 is 9.18 Å². The number of nitrogens with zero attached hydrogens (tertiary/aromatic N) is 1. The van der Waals surface area contributed by atoms with Crippen molar-refractivity contribution in [3.63, 3.8) is 0 Å². The van der Waals surface area contributed by atoms with Crippen molar-refractivity contribution in [1.29, 1.82) is 0 Å². The summed E-state index contributed by atoms with van der Waals surface area (Å²) >= 11 is 14.6. The van der Waals surface area contributed by atoms with Crippen LogP contribution in [0.4, 0.5) is 4.39 Å². The number of thiocarbonyl (C=S) groups is 1. The predicted octanol–water partition coefficient (Wildman–Crippen LogP) is 4.50. The summed E-state index contributed by atoms with van der Waals surface area (Å²) in [6.45, 7) is 0.253. The van der Waals surface area contributed by atoms with Crippen molar-refractivity contribution in [3.8, 4) is 0 Å². The van der Waals surface area contributed by atoms with Crippen LogP contribution < -0.4 is 5.32 Å². The second-order valence-electron chi connectivity index (χ2n) is 5.14. The average molecular weight is 426 g/mol. The van der Waals surface area contributed by atoms with Crippen molar-refractivity contribution in [2.75, 3.05) is 0 Å². The van der Waals surface area contributed by atoms with Gasteiger partial charge in [0, 0.05) is 15.1 Å². The van der Waals surface area contributed by atoms with Crippen LogP contribution in [0.2, 0.25) is 5.02 Å². The Morgan fingerprint density at radius 2 is 2.04 bits per heavy atom. The van der Waals surface area contributed by atoms with Gasteiger partial charge >= 0.3 is 0 Å². The summed E-state index contributed by atoms with van der Waals surface area (Å²) < 4.78 is 14.6. The molecule has 1 N–H and O–H groups in total. The van der Waals surface area contributed by atoms with E-state index in [0.29, 0.717) is 10.6 Å². The fourth-order valence-corrected chi connectivity index (χ4v) is 3.12. The standard InChI is InChI=1S/C17H11BrClFN2OS/c18-12-5-6-14(20)11(7-12)8-15-16(23)22(17(24)21-15)9-10-3-1-2-4-13(10)19/h1-8H,9H2,(H,21,24)/b15-8-.